The van der Waals surface area contributed by atoms with Gasteiger partial charge in [-0.3, -0.25) is 14.8 Å². The number of alkyl halides is 3. The molecule has 0 saturated carbocycles. The summed E-state index contributed by atoms with van der Waals surface area (Å²) in [5.74, 6) is -0.770. The number of aromatic nitrogens is 4. The van der Waals surface area contributed by atoms with E-state index >= 15 is 0 Å². The predicted octanol–water partition coefficient (Wildman–Crippen LogP) is 3.13. The molecule has 0 saturated heterocycles. The van der Waals surface area contributed by atoms with Crippen molar-refractivity contribution in [1.82, 2.24) is 20.0 Å². The highest BCUT2D eigenvalue weighted by Gasteiger charge is 2.35. The van der Waals surface area contributed by atoms with Crippen LogP contribution >= 0.6 is 11.3 Å². The first-order valence-electron chi connectivity index (χ1n) is 7.12. The Balaban J connectivity index is 1.70. The largest absolute Gasteiger partial charge is 0.433 e. The van der Waals surface area contributed by atoms with Gasteiger partial charge in [-0.05, 0) is 5.56 Å². The fourth-order valence-corrected chi connectivity index (χ4v) is 2.92. The van der Waals surface area contributed by atoms with Gasteiger partial charge in [-0.25, -0.2) is 0 Å². The minimum Gasteiger partial charge on any atom is -0.295 e. The molecule has 0 bridgehead atoms. The minimum atomic E-state index is -4.58. The molecule has 0 aliphatic carbocycles. The number of benzene rings is 1. The summed E-state index contributed by atoms with van der Waals surface area (Å²) in [6, 6.07) is 10.3. The number of nitrogens with one attached hydrogen (secondary N) is 1. The van der Waals surface area contributed by atoms with Crippen LogP contribution < -0.4 is 5.32 Å². The van der Waals surface area contributed by atoms with Crippen molar-refractivity contribution in [2.45, 2.75) is 12.6 Å². The molecule has 0 unspecified atom stereocenters. The van der Waals surface area contributed by atoms with E-state index in [4.69, 9.17) is 0 Å². The van der Waals surface area contributed by atoms with E-state index in [1.165, 1.54) is 0 Å². The summed E-state index contributed by atoms with van der Waals surface area (Å²) >= 11 is 1.16. The molecule has 6 nitrogen and oxygen atoms in total. The van der Waals surface area contributed by atoms with E-state index in [2.05, 4.69) is 20.6 Å². The zero-order valence-electron chi connectivity index (χ0n) is 12.9. The SMILES string of the molecule is Cn1nc(C(=O)Nc2nnc(Cc3ccccc3)s2)cc1C(F)(F)F. The minimum absolute atomic E-state index is 0.204. The molecule has 1 amide bonds. The van der Waals surface area contributed by atoms with Crippen molar-refractivity contribution in [3.05, 3.63) is 58.4 Å². The van der Waals surface area contributed by atoms with Crippen molar-refractivity contribution in [3.8, 4) is 0 Å². The maximum atomic E-state index is 12.7. The monoisotopic (exact) mass is 367 g/mol. The molecular weight excluding hydrogens is 355 g/mol. The van der Waals surface area contributed by atoms with Crippen molar-refractivity contribution in [2.24, 2.45) is 7.05 Å². The lowest BCUT2D eigenvalue weighted by molar-refractivity contribution is -0.143. The maximum Gasteiger partial charge on any atom is 0.433 e. The van der Waals surface area contributed by atoms with Gasteiger partial charge in [-0.2, -0.15) is 18.3 Å². The first kappa shape index (κ1) is 17.1. The molecule has 3 aromatic rings. The van der Waals surface area contributed by atoms with Crippen molar-refractivity contribution in [1.29, 1.82) is 0 Å². The van der Waals surface area contributed by atoms with Crippen LogP contribution in [0.3, 0.4) is 0 Å². The Morgan fingerprint density at radius 2 is 1.96 bits per heavy atom. The Morgan fingerprint density at radius 1 is 1.24 bits per heavy atom. The third-order valence-corrected chi connectivity index (χ3v) is 4.13. The first-order chi connectivity index (χ1) is 11.8. The first-order valence-corrected chi connectivity index (χ1v) is 7.93. The molecule has 0 radical (unpaired) electrons. The Hall–Kier alpha value is -2.75. The van der Waals surface area contributed by atoms with E-state index < -0.39 is 17.8 Å². The molecule has 0 aliphatic heterocycles. The average molecular weight is 367 g/mol. The van der Waals surface area contributed by atoms with Gasteiger partial charge in [-0.1, -0.05) is 41.7 Å². The number of anilines is 1. The standard InChI is InChI=1S/C15H12F3N5OS/c1-23-11(15(16,17)18)8-10(22-23)13(24)19-14-21-20-12(25-14)7-9-5-3-2-4-6-9/h2-6,8H,7H2,1H3,(H,19,21,24). The fraction of sp³-hybridized carbons (Fsp3) is 0.200. The smallest absolute Gasteiger partial charge is 0.295 e. The molecule has 0 aliphatic rings. The molecule has 130 valence electrons. The normalized spacial score (nSPS) is 11.5. The average Bonchev–Trinajstić information content (AvgIpc) is 3.14. The maximum absolute atomic E-state index is 12.7. The van der Waals surface area contributed by atoms with Gasteiger partial charge in [0.2, 0.25) is 5.13 Å². The van der Waals surface area contributed by atoms with Gasteiger partial charge in [0, 0.05) is 19.5 Å². The number of nitrogens with zero attached hydrogens (tertiary/aromatic N) is 4. The Labute approximate surface area is 144 Å². The van der Waals surface area contributed by atoms with Crippen molar-refractivity contribution >= 4 is 22.4 Å². The summed E-state index contributed by atoms with van der Waals surface area (Å²) in [6.45, 7) is 0. The van der Waals surface area contributed by atoms with Crippen LogP contribution in [0.5, 0.6) is 0 Å². The van der Waals surface area contributed by atoms with Crippen LogP contribution in [0.15, 0.2) is 36.4 Å². The van der Waals surface area contributed by atoms with Crippen molar-refractivity contribution in [3.63, 3.8) is 0 Å². The molecule has 25 heavy (non-hydrogen) atoms. The van der Waals surface area contributed by atoms with E-state index in [0.29, 0.717) is 22.2 Å². The van der Waals surface area contributed by atoms with Gasteiger partial charge in [0.25, 0.3) is 5.91 Å². The molecule has 2 aromatic heterocycles. The third-order valence-electron chi connectivity index (χ3n) is 3.29. The Morgan fingerprint density at radius 3 is 2.60 bits per heavy atom. The predicted molar refractivity (Wildman–Crippen MR) is 85.3 cm³/mol. The lowest BCUT2D eigenvalue weighted by Gasteiger charge is -2.04. The number of hydrogen-bond donors (Lipinski definition) is 1. The van der Waals surface area contributed by atoms with Crippen LogP contribution in [-0.2, 0) is 19.6 Å². The summed E-state index contributed by atoms with van der Waals surface area (Å²) in [4.78, 5) is 12.1. The lowest BCUT2D eigenvalue weighted by atomic mass is 10.2. The number of aryl methyl sites for hydroxylation is 1. The van der Waals surface area contributed by atoms with Gasteiger partial charge < -0.3 is 0 Å². The second-order valence-electron chi connectivity index (χ2n) is 5.15. The van der Waals surface area contributed by atoms with Crippen LogP contribution in [-0.4, -0.2) is 25.9 Å². The highest BCUT2D eigenvalue weighted by atomic mass is 32.1. The molecule has 1 N–H and O–H groups in total. The molecule has 10 heteroatoms. The number of carbonyl (C=O) groups is 1. The van der Waals surface area contributed by atoms with Crippen molar-refractivity contribution in [2.75, 3.05) is 5.32 Å². The lowest BCUT2D eigenvalue weighted by Crippen LogP contribution is -2.13. The van der Waals surface area contributed by atoms with Crippen LogP contribution in [0.2, 0.25) is 0 Å². The molecule has 3 rings (SSSR count). The highest BCUT2D eigenvalue weighted by molar-refractivity contribution is 7.15. The molecule has 0 spiro atoms. The van der Waals surface area contributed by atoms with E-state index in [-0.39, 0.29) is 10.8 Å². The topological polar surface area (TPSA) is 72.7 Å². The van der Waals surface area contributed by atoms with Gasteiger partial charge in [-0.15, -0.1) is 10.2 Å². The zero-order chi connectivity index (χ0) is 18.0. The summed E-state index contributed by atoms with van der Waals surface area (Å²) in [7, 11) is 1.13. The molecule has 0 fully saturated rings. The quantitative estimate of drug-likeness (QED) is 0.769. The Bertz CT molecular complexity index is 888. The summed E-state index contributed by atoms with van der Waals surface area (Å²) in [5.41, 5.74) is -0.301. The second kappa shape index (κ2) is 6.63. The van der Waals surface area contributed by atoms with E-state index in [1.54, 1.807) is 0 Å². The van der Waals surface area contributed by atoms with E-state index in [1.807, 2.05) is 30.3 Å². The van der Waals surface area contributed by atoms with Crippen LogP contribution in [0, 0.1) is 0 Å². The number of rotatable bonds is 4. The fourth-order valence-electron chi connectivity index (χ4n) is 2.15. The van der Waals surface area contributed by atoms with E-state index in [9.17, 15) is 18.0 Å². The Kier molecular flexibility index (Phi) is 4.53. The van der Waals surface area contributed by atoms with Crippen LogP contribution in [0.25, 0.3) is 0 Å². The molecular formula is C15H12F3N5OS. The van der Waals surface area contributed by atoms with Gasteiger partial charge in [0.05, 0.1) is 0 Å². The summed E-state index contributed by atoms with van der Waals surface area (Å²) in [5, 5.41) is 14.7. The van der Waals surface area contributed by atoms with Crippen LogP contribution in [0.4, 0.5) is 18.3 Å². The zero-order valence-corrected chi connectivity index (χ0v) is 13.7. The number of halogens is 3. The summed E-state index contributed by atoms with van der Waals surface area (Å²) < 4.78 is 38.9. The van der Waals surface area contributed by atoms with Gasteiger partial charge >= 0.3 is 6.18 Å². The van der Waals surface area contributed by atoms with E-state index in [0.717, 1.165) is 23.9 Å². The second-order valence-corrected chi connectivity index (χ2v) is 6.22. The number of carbonyl (C=O) groups excluding carboxylic acids is 1. The van der Waals surface area contributed by atoms with Crippen LogP contribution in [0.1, 0.15) is 26.8 Å². The number of hydrogen-bond acceptors (Lipinski definition) is 5. The summed E-state index contributed by atoms with van der Waals surface area (Å²) in [6.07, 6.45) is -4.03. The molecule has 2 heterocycles. The molecule has 1 aromatic carbocycles. The molecule has 0 atom stereocenters. The van der Waals surface area contributed by atoms with Gasteiger partial charge in [0.15, 0.2) is 5.69 Å². The van der Waals surface area contributed by atoms with Gasteiger partial charge in [0.1, 0.15) is 10.7 Å². The van der Waals surface area contributed by atoms with Crippen molar-refractivity contribution < 1.29 is 18.0 Å². The highest BCUT2D eigenvalue weighted by Crippen LogP contribution is 2.29. The number of amides is 1. The third kappa shape index (κ3) is 4.02.